The summed E-state index contributed by atoms with van der Waals surface area (Å²) in [6.07, 6.45) is 5.73. The predicted octanol–water partition coefficient (Wildman–Crippen LogP) is 3.22. The van der Waals surface area contributed by atoms with E-state index in [1.165, 1.54) is 17.4 Å². The number of hydrogen-bond donors (Lipinski definition) is 1. The van der Waals surface area contributed by atoms with Crippen molar-refractivity contribution in [3.63, 3.8) is 0 Å². The molecule has 0 aromatic carbocycles. The van der Waals surface area contributed by atoms with Crippen molar-refractivity contribution in [2.45, 2.75) is 32.6 Å². The molecular weight excluding hydrogens is 320 g/mol. The third-order valence-corrected chi connectivity index (χ3v) is 4.89. The zero-order chi connectivity index (χ0) is 15.9. The molecule has 0 spiro atoms. The fourth-order valence-corrected chi connectivity index (χ4v) is 3.44. The highest BCUT2D eigenvalue weighted by molar-refractivity contribution is 7.17. The van der Waals surface area contributed by atoms with Crippen molar-refractivity contribution in [2.75, 3.05) is 24.5 Å². The lowest BCUT2D eigenvalue weighted by atomic mass is 10.2. The van der Waals surface area contributed by atoms with Crippen LogP contribution in [-0.4, -0.2) is 30.5 Å². The molecule has 1 amide bonds. The van der Waals surface area contributed by atoms with Crippen molar-refractivity contribution in [3.8, 4) is 6.07 Å². The summed E-state index contributed by atoms with van der Waals surface area (Å²) in [4.78, 5) is 19.1. The van der Waals surface area contributed by atoms with Gasteiger partial charge in [0.05, 0.1) is 4.88 Å². The number of aromatic nitrogens is 1. The maximum Gasteiger partial charge on any atom is 0.261 e. The van der Waals surface area contributed by atoms with E-state index >= 15 is 0 Å². The van der Waals surface area contributed by atoms with Crippen molar-refractivity contribution in [1.29, 1.82) is 5.26 Å². The van der Waals surface area contributed by atoms with Crippen LogP contribution in [0.4, 0.5) is 5.13 Å². The van der Waals surface area contributed by atoms with Crippen LogP contribution in [-0.2, 0) is 4.79 Å². The number of nitriles is 1. The van der Waals surface area contributed by atoms with E-state index in [2.05, 4.69) is 15.2 Å². The van der Waals surface area contributed by atoms with E-state index in [0.717, 1.165) is 43.9 Å². The van der Waals surface area contributed by atoms with Gasteiger partial charge in [0.25, 0.3) is 5.91 Å². The van der Waals surface area contributed by atoms with Crippen LogP contribution in [0.15, 0.2) is 5.57 Å². The van der Waals surface area contributed by atoms with Crippen LogP contribution in [0.3, 0.4) is 0 Å². The smallest absolute Gasteiger partial charge is 0.261 e. The monoisotopic (exact) mass is 338 g/mol. The number of nitrogens with one attached hydrogen (secondary N) is 1. The normalized spacial score (nSPS) is 15.0. The van der Waals surface area contributed by atoms with Crippen molar-refractivity contribution >= 4 is 40.1 Å². The number of thiazole rings is 1. The van der Waals surface area contributed by atoms with Crippen LogP contribution in [0.1, 0.15) is 37.5 Å². The molecule has 1 N–H and O–H groups in total. The van der Waals surface area contributed by atoms with E-state index in [1.807, 2.05) is 13.0 Å². The van der Waals surface area contributed by atoms with Gasteiger partial charge in [0.2, 0.25) is 0 Å². The lowest BCUT2D eigenvalue weighted by Gasteiger charge is -2.11. The minimum Gasteiger partial charge on any atom is -0.351 e. The summed E-state index contributed by atoms with van der Waals surface area (Å²) in [5.74, 6) is -0.358. The number of unbranched alkanes of at least 4 members (excludes halogenated alkanes) is 1. The van der Waals surface area contributed by atoms with E-state index in [-0.39, 0.29) is 11.5 Å². The van der Waals surface area contributed by atoms with Gasteiger partial charge in [-0.3, -0.25) is 4.79 Å². The SMILES string of the molecule is CCCCNC(=O)/C(C#N)=C/c1sc(N2CCCC2)nc1Cl. The molecule has 1 saturated heterocycles. The molecule has 2 rings (SSSR count). The summed E-state index contributed by atoms with van der Waals surface area (Å²) < 4.78 is 0. The van der Waals surface area contributed by atoms with Crippen LogP contribution < -0.4 is 10.2 Å². The Labute approximate surface area is 139 Å². The van der Waals surface area contributed by atoms with E-state index in [0.29, 0.717) is 16.6 Å². The highest BCUT2D eigenvalue weighted by atomic mass is 35.5. The molecule has 0 atom stereocenters. The molecule has 1 aromatic heterocycles. The first-order valence-corrected chi connectivity index (χ1v) is 8.66. The first-order chi connectivity index (χ1) is 10.7. The van der Waals surface area contributed by atoms with Crippen LogP contribution >= 0.6 is 22.9 Å². The first kappa shape index (κ1) is 16.8. The maximum absolute atomic E-state index is 12.0. The summed E-state index contributed by atoms with van der Waals surface area (Å²) in [6, 6.07) is 1.94. The zero-order valence-corrected chi connectivity index (χ0v) is 14.1. The van der Waals surface area contributed by atoms with Gasteiger partial charge in [-0.05, 0) is 25.3 Å². The average molecular weight is 339 g/mol. The van der Waals surface area contributed by atoms with Gasteiger partial charge in [0, 0.05) is 19.6 Å². The van der Waals surface area contributed by atoms with Crippen LogP contribution in [0.2, 0.25) is 5.15 Å². The third-order valence-electron chi connectivity index (χ3n) is 3.43. The fraction of sp³-hybridized carbons (Fsp3) is 0.533. The van der Waals surface area contributed by atoms with E-state index < -0.39 is 0 Å². The second-order valence-electron chi connectivity index (χ2n) is 5.12. The summed E-state index contributed by atoms with van der Waals surface area (Å²) in [5, 5.41) is 13.1. The Balaban J connectivity index is 2.12. The average Bonchev–Trinajstić information content (AvgIpc) is 3.14. The quantitative estimate of drug-likeness (QED) is 0.491. The number of rotatable bonds is 6. The lowest BCUT2D eigenvalue weighted by molar-refractivity contribution is -0.117. The Kier molecular flexibility index (Phi) is 6.22. The van der Waals surface area contributed by atoms with Crippen molar-refractivity contribution < 1.29 is 4.79 Å². The van der Waals surface area contributed by atoms with Gasteiger partial charge in [-0.2, -0.15) is 5.26 Å². The summed E-state index contributed by atoms with van der Waals surface area (Å²) in [6.45, 7) is 4.58. The van der Waals surface area contributed by atoms with Crippen LogP contribution in [0.25, 0.3) is 6.08 Å². The van der Waals surface area contributed by atoms with Crippen LogP contribution in [0.5, 0.6) is 0 Å². The second kappa shape index (κ2) is 8.16. The van der Waals surface area contributed by atoms with Crippen molar-refractivity contribution in [3.05, 3.63) is 15.6 Å². The molecule has 1 aliphatic heterocycles. The maximum atomic E-state index is 12.0. The number of carbonyl (C=O) groups is 1. The highest BCUT2D eigenvalue weighted by Crippen LogP contribution is 2.33. The Hall–Kier alpha value is -1.58. The molecule has 1 aromatic rings. The molecule has 0 radical (unpaired) electrons. The summed E-state index contributed by atoms with van der Waals surface area (Å²) >= 11 is 7.56. The Morgan fingerprint density at radius 2 is 2.27 bits per heavy atom. The number of halogens is 1. The molecule has 1 fully saturated rings. The number of anilines is 1. The van der Waals surface area contributed by atoms with Crippen LogP contribution in [0, 0.1) is 11.3 Å². The largest absolute Gasteiger partial charge is 0.351 e. The number of carbonyl (C=O) groups excluding carboxylic acids is 1. The van der Waals surface area contributed by atoms with Gasteiger partial charge >= 0.3 is 0 Å². The number of amides is 1. The summed E-state index contributed by atoms with van der Waals surface area (Å²) in [7, 11) is 0. The minimum absolute atomic E-state index is 0.0645. The lowest BCUT2D eigenvalue weighted by Crippen LogP contribution is -2.25. The molecule has 7 heteroatoms. The molecule has 22 heavy (non-hydrogen) atoms. The standard InChI is InChI=1S/C15H19ClN4OS/c1-2-3-6-18-14(21)11(10-17)9-12-13(16)19-15(22-12)20-7-4-5-8-20/h9H,2-8H2,1H3,(H,18,21)/b11-9+. The molecule has 118 valence electrons. The first-order valence-electron chi connectivity index (χ1n) is 7.47. The molecule has 1 aliphatic rings. The topological polar surface area (TPSA) is 69.0 Å². The van der Waals surface area contributed by atoms with E-state index in [1.54, 1.807) is 0 Å². The van der Waals surface area contributed by atoms with Crippen molar-refractivity contribution in [2.24, 2.45) is 0 Å². The molecule has 0 unspecified atom stereocenters. The fourth-order valence-electron chi connectivity index (χ4n) is 2.19. The molecule has 5 nitrogen and oxygen atoms in total. The van der Waals surface area contributed by atoms with Crippen molar-refractivity contribution in [1.82, 2.24) is 10.3 Å². The molecule has 0 aliphatic carbocycles. The minimum atomic E-state index is -0.358. The van der Waals surface area contributed by atoms with E-state index in [9.17, 15) is 10.1 Å². The Morgan fingerprint density at radius 1 is 1.55 bits per heavy atom. The second-order valence-corrected chi connectivity index (χ2v) is 6.49. The van der Waals surface area contributed by atoms with Gasteiger partial charge in [-0.25, -0.2) is 4.98 Å². The molecule has 0 bridgehead atoms. The van der Waals surface area contributed by atoms with Gasteiger partial charge in [0.1, 0.15) is 16.8 Å². The van der Waals surface area contributed by atoms with E-state index in [4.69, 9.17) is 11.6 Å². The Bertz CT molecular complexity index is 599. The highest BCUT2D eigenvalue weighted by Gasteiger charge is 2.19. The third kappa shape index (κ3) is 4.21. The zero-order valence-electron chi connectivity index (χ0n) is 12.6. The molecule has 2 heterocycles. The van der Waals surface area contributed by atoms with Gasteiger partial charge in [-0.15, -0.1) is 0 Å². The summed E-state index contributed by atoms with van der Waals surface area (Å²) in [5.41, 5.74) is 0.0645. The number of nitrogens with zero attached hydrogens (tertiary/aromatic N) is 3. The number of hydrogen-bond acceptors (Lipinski definition) is 5. The molecule has 0 saturated carbocycles. The predicted molar refractivity (Wildman–Crippen MR) is 90.1 cm³/mol. The van der Waals surface area contributed by atoms with Gasteiger partial charge in [-0.1, -0.05) is 36.3 Å². The Morgan fingerprint density at radius 3 is 2.91 bits per heavy atom. The molecular formula is C15H19ClN4OS. The van der Waals surface area contributed by atoms with Gasteiger partial charge < -0.3 is 10.2 Å². The van der Waals surface area contributed by atoms with Gasteiger partial charge in [0.15, 0.2) is 5.13 Å².